The molecule has 0 saturated heterocycles. The van der Waals surface area contributed by atoms with Crippen molar-refractivity contribution in [1.82, 2.24) is 10.6 Å². The first kappa shape index (κ1) is 18.2. The van der Waals surface area contributed by atoms with Gasteiger partial charge in [-0.1, -0.05) is 15.9 Å². The lowest BCUT2D eigenvalue weighted by atomic mass is 9.76. The molecule has 1 aliphatic carbocycles. The Morgan fingerprint density at radius 3 is 2.65 bits per heavy atom. The number of nitrogens with one attached hydrogen (secondary N) is 2. The molecular weight excluding hydrogens is 363 g/mol. The second kappa shape index (κ2) is 7.18. The summed E-state index contributed by atoms with van der Waals surface area (Å²) in [5, 5.41) is 6.22. The third-order valence-corrected chi connectivity index (χ3v) is 4.36. The van der Waals surface area contributed by atoms with Gasteiger partial charge in [-0.3, -0.25) is 0 Å². The monoisotopic (exact) mass is 386 g/mol. The second-order valence-electron chi connectivity index (χ2n) is 7.10. The molecule has 0 heterocycles. The first-order valence-electron chi connectivity index (χ1n) is 7.85. The Morgan fingerprint density at radius 2 is 2.09 bits per heavy atom. The Kier molecular flexibility index (Phi) is 5.68. The maximum absolute atomic E-state index is 13.7. The van der Waals surface area contributed by atoms with Crippen molar-refractivity contribution < 1.29 is 13.9 Å². The van der Waals surface area contributed by atoms with Crippen molar-refractivity contribution in [1.29, 1.82) is 0 Å². The van der Waals surface area contributed by atoms with Gasteiger partial charge in [0.2, 0.25) is 0 Å². The van der Waals surface area contributed by atoms with Crippen LogP contribution >= 0.6 is 15.9 Å². The van der Waals surface area contributed by atoms with E-state index < -0.39 is 11.7 Å². The highest BCUT2D eigenvalue weighted by molar-refractivity contribution is 9.10. The maximum atomic E-state index is 13.7. The van der Waals surface area contributed by atoms with E-state index in [1.54, 1.807) is 12.1 Å². The molecule has 1 fully saturated rings. The number of ether oxygens (including phenoxy) is 1. The summed E-state index contributed by atoms with van der Waals surface area (Å²) in [6, 6.07) is 4.88. The lowest BCUT2D eigenvalue weighted by Crippen LogP contribution is -2.59. The van der Waals surface area contributed by atoms with Crippen molar-refractivity contribution in [2.24, 2.45) is 0 Å². The number of carbonyl (C=O) groups is 1. The fraction of sp³-hybridized carbons (Fsp3) is 0.588. The van der Waals surface area contributed by atoms with Gasteiger partial charge < -0.3 is 15.4 Å². The van der Waals surface area contributed by atoms with Crippen molar-refractivity contribution in [3.63, 3.8) is 0 Å². The summed E-state index contributed by atoms with van der Waals surface area (Å²) in [5.74, 6) is -0.233. The number of rotatable bonds is 5. The minimum Gasteiger partial charge on any atom is -0.444 e. The lowest BCUT2D eigenvalue weighted by Gasteiger charge is -2.42. The van der Waals surface area contributed by atoms with Gasteiger partial charge in [-0.25, -0.2) is 9.18 Å². The number of alkyl carbamates (subject to hydrolysis) is 1. The van der Waals surface area contributed by atoms with Gasteiger partial charge in [-0.05, 0) is 58.2 Å². The van der Waals surface area contributed by atoms with E-state index in [2.05, 4.69) is 26.6 Å². The molecule has 4 nitrogen and oxygen atoms in total. The quantitative estimate of drug-likeness (QED) is 0.799. The Bertz CT molecular complexity index is 568. The van der Waals surface area contributed by atoms with Gasteiger partial charge >= 0.3 is 6.09 Å². The summed E-state index contributed by atoms with van der Waals surface area (Å²) in [5.41, 5.74) is -0.196. The average molecular weight is 387 g/mol. The summed E-state index contributed by atoms with van der Waals surface area (Å²) in [7, 11) is 0. The second-order valence-corrected chi connectivity index (χ2v) is 8.02. The van der Waals surface area contributed by atoms with Crippen LogP contribution in [0.5, 0.6) is 0 Å². The minimum atomic E-state index is -0.512. The smallest absolute Gasteiger partial charge is 0.408 e. The molecule has 0 radical (unpaired) electrons. The molecule has 1 aromatic carbocycles. The largest absolute Gasteiger partial charge is 0.444 e. The normalized spacial score (nSPS) is 16.6. The Morgan fingerprint density at radius 1 is 1.39 bits per heavy atom. The van der Waals surface area contributed by atoms with E-state index in [4.69, 9.17) is 4.74 Å². The molecule has 0 atom stereocenters. The third-order valence-electron chi connectivity index (χ3n) is 3.86. The van der Waals surface area contributed by atoms with Crippen LogP contribution < -0.4 is 10.6 Å². The van der Waals surface area contributed by atoms with E-state index in [9.17, 15) is 9.18 Å². The zero-order valence-corrected chi connectivity index (χ0v) is 15.4. The Hall–Kier alpha value is -1.14. The van der Waals surface area contributed by atoms with Crippen molar-refractivity contribution in [2.75, 3.05) is 6.54 Å². The van der Waals surface area contributed by atoms with Crippen LogP contribution in [0.3, 0.4) is 0 Å². The number of halogens is 2. The molecule has 0 aromatic heterocycles. The summed E-state index contributed by atoms with van der Waals surface area (Å²) < 4.78 is 19.9. The van der Waals surface area contributed by atoms with E-state index >= 15 is 0 Å². The topological polar surface area (TPSA) is 50.4 Å². The predicted molar refractivity (Wildman–Crippen MR) is 91.8 cm³/mol. The molecule has 23 heavy (non-hydrogen) atoms. The van der Waals surface area contributed by atoms with Crippen LogP contribution in [0.25, 0.3) is 0 Å². The maximum Gasteiger partial charge on any atom is 0.408 e. The molecule has 0 bridgehead atoms. The van der Waals surface area contributed by atoms with Crippen LogP contribution in [0.1, 0.15) is 45.6 Å². The van der Waals surface area contributed by atoms with Crippen LogP contribution in [0.2, 0.25) is 0 Å². The highest BCUT2D eigenvalue weighted by atomic mass is 79.9. The Labute approximate surface area is 145 Å². The third kappa shape index (κ3) is 5.46. The standard InChI is InChI=1S/C17H24BrFN2O2/c1-16(2,3)23-15(22)21-17(7-4-8-17)11-20-10-12-9-13(18)5-6-14(12)19/h5-6,9,20H,4,7-8,10-11H2,1-3H3,(H,21,22). The van der Waals surface area contributed by atoms with Crippen molar-refractivity contribution >= 4 is 22.0 Å². The van der Waals surface area contributed by atoms with E-state index in [1.807, 2.05) is 20.8 Å². The molecule has 0 aliphatic heterocycles. The van der Waals surface area contributed by atoms with Gasteiger partial charge in [0.25, 0.3) is 0 Å². The van der Waals surface area contributed by atoms with Gasteiger partial charge in [0.1, 0.15) is 11.4 Å². The molecular formula is C17H24BrFN2O2. The van der Waals surface area contributed by atoms with E-state index in [0.29, 0.717) is 18.7 Å². The SMILES string of the molecule is CC(C)(C)OC(=O)NC1(CNCc2cc(Br)ccc2F)CCC1. The molecule has 1 aromatic rings. The number of hydrogen-bond acceptors (Lipinski definition) is 3. The lowest BCUT2D eigenvalue weighted by molar-refractivity contribution is 0.0382. The first-order valence-corrected chi connectivity index (χ1v) is 8.64. The number of hydrogen-bond donors (Lipinski definition) is 2. The highest BCUT2D eigenvalue weighted by Crippen LogP contribution is 2.31. The Balaban J connectivity index is 1.87. The number of carbonyl (C=O) groups excluding carboxylic acids is 1. The molecule has 0 spiro atoms. The predicted octanol–water partition coefficient (Wildman–Crippen LogP) is 4.13. The van der Waals surface area contributed by atoms with Gasteiger partial charge in [0.05, 0.1) is 5.54 Å². The molecule has 2 N–H and O–H groups in total. The summed E-state index contributed by atoms with van der Waals surface area (Å²) in [4.78, 5) is 12.0. The van der Waals surface area contributed by atoms with Crippen molar-refractivity contribution in [3.8, 4) is 0 Å². The van der Waals surface area contributed by atoms with Crippen LogP contribution in [0.15, 0.2) is 22.7 Å². The van der Waals surface area contributed by atoms with Crippen LogP contribution in [0.4, 0.5) is 9.18 Å². The summed E-state index contributed by atoms with van der Waals surface area (Å²) in [6.07, 6.45) is 2.48. The molecule has 1 aliphatic rings. The average Bonchev–Trinajstić information content (AvgIpc) is 2.37. The van der Waals surface area contributed by atoms with Crippen molar-refractivity contribution in [3.05, 3.63) is 34.1 Å². The van der Waals surface area contributed by atoms with Crippen LogP contribution in [0, 0.1) is 5.82 Å². The van der Waals surface area contributed by atoms with E-state index in [1.165, 1.54) is 6.07 Å². The van der Waals surface area contributed by atoms with Gasteiger partial charge in [0.15, 0.2) is 0 Å². The zero-order chi connectivity index (χ0) is 17.1. The van der Waals surface area contributed by atoms with Gasteiger partial charge in [0, 0.05) is 23.1 Å². The van der Waals surface area contributed by atoms with Crippen molar-refractivity contribution in [2.45, 2.75) is 57.7 Å². The molecule has 1 saturated carbocycles. The summed E-state index contributed by atoms with van der Waals surface area (Å²) in [6.45, 7) is 6.54. The minimum absolute atomic E-state index is 0.233. The fourth-order valence-electron chi connectivity index (χ4n) is 2.58. The highest BCUT2D eigenvalue weighted by Gasteiger charge is 2.39. The fourth-order valence-corrected chi connectivity index (χ4v) is 2.99. The number of amides is 1. The number of benzene rings is 1. The molecule has 128 valence electrons. The molecule has 2 rings (SSSR count). The van der Waals surface area contributed by atoms with Gasteiger partial charge in [-0.2, -0.15) is 0 Å². The van der Waals surface area contributed by atoms with Gasteiger partial charge in [-0.15, -0.1) is 0 Å². The molecule has 1 amide bonds. The molecule has 0 unspecified atom stereocenters. The molecule has 6 heteroatoms. The van der Waals surface area contributed by atoms with E-state index in [-0.39, 0.29) is 11.4 Å². The summed E-state index contributed by atoms with van der Waals surface area (Å²) >= 11 is 3.35. The zero-order valence-electron chi connectivity index (χ0n) is 13.8. The van der Waals surface area contributed by atoms with Crippen LogP contribution in [-0.2, 0) is 11.3 Å². The first-order chi connectivity index (χ1) is 10.7. The van der Waals surface area contributed by atoms with Crippen LogP contribution in [-0.4, -0.2) is 23.8 Å². The van der Waals surface area contributed by atoms with E-state index in [0.717, 1.165) is 23.7 Å².